The van der Waals surface area contributed by atoms with Crippen LogP contribution in [0.1, 0.15) is 56.1 Å². The number of aryl methyl sites for hydroxylation is 2. The SMILES string of the molecule is Cc1ccc(C)n1-c1ccc([C@H]2CCCCN2CC(C)C)cn1. The summed E-state index contributed by atoms with van der Waals surface area (Å²) in [6, 6.07) is 9.30. The van der Waals surface area contributed by atoms with Gasteiger partial charge in [0.2, 0.25) is 0 Å². The summed E-state index contributed by atoms with van der Waals surface area (Å²) >= 11 is 0. The molecule has 0 bridgehead atoms. The zero-order chi connectivity index (χ0) is 16.4. The fourth-order valence-electron chi connectivity index (χ4n) is 3.81. The summed E-state index contributed by atoms with van der Waals surface area (Å²) in [5.74, 6) is 1.74. The summed E-state index contributed by atoms with van der Waals surface area (Å²) in [6.45, 7) is 11.3. The fraction of sp³-hybridized carbons (Fsp3) is 0.550. The van der Waals surface area contributed by atoms with Gasteiger partial charge in [0.15, 0.2) is 0 Å². The number of rotatable bonds is 4. The van der Waals surface area contributed by atoms with E-state index in [1.54, 1.807) is 0 Å². The molecule has 0 aromatic carbocycles. The minimum Gasteiger partial charge on any atom is -0.303 e. The number of hydrogen-bond acceptors (Lipinski definition) is 2. The van der Waals surface area contributed by atoms with E-state index in [1.165, 1.54) is 49.3 Å². The molecule has 2 aromatic rings. The van der Waals surface area contributed by atoms with E-state index in [-0.39, 0.29) is 0 Å². The molecule has 0 N–H and O–H groups in total. The largest absolute Gasteiger partial charge is 0.303 e. The fourth-order valence-corrected chi connectivity index (χ4v) is 3.81. The maximum atomic E-state index is 4.77. The maximum Gasteiger partial charge on any atom is 0.136 e. The highest BCUT2D eigenvalue weighted by Crippen LogP contribution is 2.31. The first-order valence-corrected chi connectivity index (χ1v) is 8.91. The second-order valence-corrected chi connectivity index (χ2v) is 7.30. The van der Waals surface area contributed by atoms with Gasteiger partial charge in [-0.1, -0.05) is 26.3 Å². The lowest BCUT2D eigenvalue weighted by Crippen LogP contribution is -2.36. The third-order valence-corrected chi connectivity index (χ3v) is 4.87. The van der Waals surface area contributed by atoms with Gasteiger partial charge in [-0.3, -0.25) is 4.90 Å². The first-order chi connectivity index (χ1) is 11.1. The average molecular weight is 311 g/mol. The average Bonchev–Trinajstić information content (AvgIpc) is 2.87. The summed E-state index contributed by atoms with van der Waals surface area (Å²) in [5, 5.41) is 0. The van der Waals surface area contributed by atoms with Crippen molar-refractivity contribution in [3.05, 3.63) is 47.4 Å². The summed E-state index contributed by atoms with van der Waals surface area (Å²) in [7, 11) is 0. The molecule has 23 heavy (non-hydrogen) atoms. The van der Waals surface area contributed by atoms with Gasteiger partial charge < -0.3 is 4.57 Å². The van der Waals surface area contributed by atoms with Gasteiger partial charge in [-0.15, -0.1) is 0 Å². The van der Waals surface area contributed by atoms with Crippen molar-refractivity contribution in [2.24, 2.45) is 5.92 Å². The molecule has 0 aliphatic carbocycles. The topological polar surface area (TPSA) is 21.1 Å². The molecule has 3 nitrogen and oxygen atoms in total. The molecule has 0 spiro atoms. The molecular formula is C20H29N3. The van der Waals surface area contributed by atoms with Crippen molar-refractivity contribution in [3.63, 3.8) is 0 Å². The van der Waals surface area contributed by atoms with Crippen LogP contribution in [0.5, 0.6) is 0 Å². The summed E-state index contributed by atoms with van der Waals surface area (Å²) < 4.78 is 2.22. The zero-order valence-electron chi connectivity index (χ0n) is 14.9. The zero-order valence-corrected chi connectivity index (χ0v) is 14.9. The molecule has 1 saturated heterocycles. The Hall–Kier alpha value is -1.61. The Morgan fingerprint density at radius 2 is 1.83 bits per heavy atom. The summed E-state index contributed by atoms with van der Waals surface area (Å²) in [4.78, 5) is 7.42. The second kappa shape index (κ2) is 6.88. The van der Waals surface area contributed by atoms with E-state index in [4.69, 9.17) is 4.98 Å². The molecule has 3 heterocycles. The lowest BCUT2D eigenvalue weighted by Gasteiger charge is -2.37. The first-order valence-electron chi connectivity index (χ1n) is 8.91. The van der Waals surface area contributed by atoms with Gasteiger partial charge in [0.25, 0.3) is 0 Å². The minimum atomic E-state index is 0.541. The van der Waals surface area contributed by atoms with Crippen LogP contribution in [0.25, 0.3) is 5.82 Å². The number of nitrogens with zero attached hydrogens (tertiary/aromatic N) is 3. The van der Waals surface area contributed by atoms with Gasteiger partial charge >= 0.3 is 0 Å². The molecule has 0 unspecified atom stereocenters. The van der Waals surface area contributed by atoms with E-state index >= 15 is 0 Å². The highest BCUT2D eigenvalue weighted by Gasteiger charge is 2.24. The molecular weight excluding hydrogens is 282 g/mol. The van der Waals surface area contributed by atoms with Crippen LogP contribution in [-0.4, -0.2) is 27.5 Å². The quantitative estimate of drug-likeness (QED) is 0.818. The van der Waals surface area contributed by atoms with Gasteiger partial charge in [-0.05, 0) is 62.9 Å². The first kappa shape index (κ1) is 16.3. The number of piperidine rings is 1. The molecule has 3 rings (SSSR count). The van der Waals surface area contributed by atoms with Crippen molar-refractivity contribution in [2.75, 3.05) is 13.1 Å². The Morgan fingerprint density at radius 3 is 2.43 bits per heavy atom. The van der Waals surface area contributed by atoms with Crippen molar-refractivity contribution in [3.8, 4) is 5.82 Å². The van der Waals surface area contributed by atoms with Gasteiger partial charge in [0, 0.05) is 30.2 Å². The van der Waals surface area contributed by atoms with Gasteiger partial charge in [-0.25, -0.2) is 4.98 Å². The van der Waals surface area contributed by atoms with Crippen molar-refractivity contribution in [1.82, 2.24) is 14.5 Å². The van der Waals surface area contributed by atoms with Crippen LogP contribution < -0.4 is 0 Å². The summed E-state index contributed by atoms with van der Waals surface area (Å²) in [5.41, 5.74) is 3.85. The van der Waals surface area contributed by atoms with Crippen LogP contribution in [-0.2, 0) is 0 Å². The third kappa shape index (κ3) is 3.50. The number of likely N-dealkylation sites (tertiary alicyclic amines) is 1. The number of aromatic nitrogens is 2. The van der Waals surface area contributed by atoms with Crippen LogP contribution in [0.15, 0.2) is 30.5 Å². The van der Waals surface area contributed by atoms with E-state index in [2.05, 4.69) is 67.6 Å². The van der Waals surface area contributed by atoms with Crippen LogP contribution in [0.2, 0.25) is 0 Å². The molecule has 1 fully saturated rings. The van der Waals surface area contributed by atoms with Gasteiger partial charge in [0.1, 0.15) is 5.82 Å². The predicted octanol–water partition coefficient (Wildman–Crippen LogP) is 4.67. The van der Waals surface area contributed by atoms with Crippen LogP contribution in [0.4, 0.5) is 0 Å². The predicted molar refractivity (Wildman–Crippen MR) is 96.0 cm³/mol. The van der Waals surface area contributed by atoms with E-state index in [0.29, 0.717) is 12.0 Å². The van der Waals surface area contributed by atoms with Crippen molar-refractivity contribution < 1.29 is 0 Å². The van der Waals surface area contributed by atoms with Crippen LogP contribution >= 0.6 is 0 Å². The highest BCUT2D eigenvalue weighted by atomic mass is 15.2. The molecule has 0 saturated carbocycles. The van der Waals surface area contributed by atoms with Gasteiger partial charge in [0.05, 0.1) is 0 Å². The smallest absolute Gasteiger partial charge is 0.136 e. The molecule has 2 aromatic heterocycles. The molecule has 0 amide bonds. The van der Waals surface area contributed by atoms with Crippen LogP contribution in [0.3, 0.4) is 0 Å². The Balaban J connectivity index is 1.83. The Labute approximate surface area is 140 Å². The molecule has 0 radical (unpaired) electrons. The standard InChI is InChI=1S/C20H29N3/c1-15(2)14-22-12-6-5-7-19(22)18-10-11-20(21-13-18)23-16(3)8-9-17(23)4/h8-11,13,15,19H,5-7,12,14H2,1-4H3/t19-/m1/s1. The lowest BCUT2D eigenvalue weighted by molar-refractivity contribution is 0.132. The molecule has 1 aliphatic rings. The van der Waals surface area contributed by atoms with Crippen molar-refractivity contribution in [2.45, 2.75) is 53.0 Å². The minimum absolute atomic E-state index is 0.541. The third-order valence-electron chi connectivity index (χ3n) is 4.87. The van der Waals surface area contributed by atoms with Gasteiger partial charge in [-0.2, -0.15) is 0 Å². The second-order valence-electron chi connectivity index (χ2n) is 7.30. The maximum absolute atomic E-state index is 4.77. The highest BCUT2D eigenvalue weighted by molar-refractivity contribution is 5.33. The lowest BCUT2D eigenvalue weighted by atomic mass is 9.95. The van der Waals surface area contributed by atoms with E-state index in [9.17, 15) is 0 Å². The van der Waals surface area contributed by atoms with E-state index in [1.807, 2.05) is 0 Å². The summed E-state index contributed by atoms with van der Waals surface area (Å²) in [6.07, 6.45) is 6.01. The van der Waals surface area contributed by atoms with E-state index in [0.717, 1.165) is 5.82 Å². The Morgan fingerprint density at radius 1 is 1.09 bits per heavy atom. The molecule has 124 valence electrons. The number of hydrogen-bond donors (Lipinski definition) is 0. The van der Waals surface area contributed by atoms with Crippen LogP contribution in [0, 0.1) is 19.8 Å². The van der Waals surface area contributed by atoms with Crippen molar-refractivity contribution in [1.29, 1.82) is 0 Å². The van der Waals surface area contributed by atoms with E-state index < -0.39 is 0 Å². The number of pyridine rings is 1. The Kier molecular flexibility index (Phi) is 4.86. The monoisotopic (exact) mass is 311 g/mol. The van der Waals surface area contributed by atoms with Crippen molar-refractivity contribution >= 4 is 0 Å². The normalized spacial score (nSPS) is 19.4. The Bertz CT molecular complexity index is 620. The molecule has 1 atom stereocenters. The molecule has 3 heteroatoms. The molecule has 1 aliphatic heterocycles.